The van der Waals surface area contributed by atoms with Crippen LogP contribution in [0.1, 0.15) is 44.7 Å². The van der Waals surface area contributed by atoms with Gasteiger partial charge >= 0.3 is 0 Å². The zero-order chi connectivity index (χ0) is 10.9. The van der Waals surface area contributed by atoms with Gasteiger partial charge in [0.2, 0.25) is 0 Å². The fourth-order valence-corrected chi connectivity index (χ4v) is 1.73. The predicted octanol–water partition coefficient (Wildman–Crippen LogP) is 2.81. The first kappa shape index (κ1) is 12.2. The molecule has 0 saturated carbocycles. The lowest BCUT2D eigenvalue weighted by molar-refractivity contribution is 0.313. The lowest BCUT2D eigenvalue weighted by Crippen LogP contribution is -2.19. The normalized spacial score (nSPS) is 11.1. The molecule has 1 N–H and O–H groups in total. The number of H-pyrrole nitrogens is 1. The molecule has 15 heavy (non-hydrogen) atoms. The molecular formula is C12H23N3. The Morgan fingerprint density at radius 1 is 1.27 bits per heavy atom. The number of aromatic nitrogens is 2. The van der Waals surface area contributed by atoms with E-state index < -0.39 is 0 Å². The van der Waals surface area contributed by atoms with Crippen molar-refractivity contribution >= 4 is 0 Å². The van der Waals surface area contributed by atoms with Crippen molar-refractivity contribution in [3.8, 4) is 0 Å². The molecule has 1 aromatic rings. The first-order valence-corrected chi connectivity index (χ1v) is 5.98. The van der Waals surface area contributed by atoms with Crippen molar-refractivity contribution in [2.24, 2.45) is 0 Å². The fraction of sp³-hybridized carbons (Fsp3) is 0.750. The third kappa shape index (κ3) is 5.57. The smallest absolute Gasteiger partial charge is 0.0922 e. The molecular weight excluding hydrogens is 186 g/mol. The first-order chi connectivity index (χ1) is 7.33. The maximum atomic E-state index is 4.01. The van der Waals surface area contributed by atoms with E-state index >= 15 is 0 Å². The topological polar surface area (TPSA) is 31.9 Å². The summed E-state index contributed by atoms with van der Waals surface area (Å²) in [7, 11) is 2.17. The molecule has 0 saturated heterocycles. The van der Waals surface area contributed by atoms with Crippen LogP contribution in [0.15, 0.2) is 12.5 Å². The molecule has 0 aliphatic rings. The number of hydrogen-bond acceptors (Lipinski definition) is 2. The fourth-order valence-electron chi connectivity index (χ4n) is 1.73. The van der Waals surface area contributed by atoms with Crippen molar-refractivity contribution in [2.75, 3.05) is 13.6 Å². The summed E-state index contributed by atoms with van der Waals surface area (Å²) in [5.74, 6) is 0. The van der Waals surface area contributed by atoms with E-state index in [0.717, 1.165) is 6.54 Å². The van der Waals surface area contributed by atoms with Crippen LogP contribution in [0.4, 0.5) is 0 Å². The zero-order valence-corrected chi connectivity index (χ0v) is 10.00. The highest BCUT2D eigenvalue weighted by atomic mass is 15.1. The van der Waals surface area contributed by atoms with Gasteiger partial charge in [0.25, 0.3) is 0 Å². The molecule has 0 amide bonds. The average molecular weight is 209 g/mol. The summed E-state index contributed by atoms with van der Waals surface area (Å²) in [5.41, 5.74) is 1.20. The second-order valence-electron chi connectivity index (χ2n) is 4.23. The maximum Gasteiger partial charge on any atom is 0.0922 e. The van der Waals surface area contributed by atoms with Crippen LogP contribution in [-0.4, -0.2) is 28.5 Å². The summed E-state index contributed by atoms with van der Waals surface area (Å²) in [6.45, 7) is 4.42. The average Bonchev–Trinajstić information content (AvgIpc) is 2.70. The Bertz CT molecular complexity index is 231. The van der Waals surface area contributed by atoms with Crippen LogP contribution in [0.5, 0.6) is 0 Å². The number of unbranched alkanes of at least 4 members (excludes halogenated alkanes) is 4. The van der Waals surface area contributed by atoms with Gasteiger partial charge in [0, 0.05) is 18.4 Å². The molecule has 1 heterocycles. The summed E-state index contributed by atoms with van der Waals surface area (Å²) in [4.78, 5) is 9.49. The SMILES string of the molecule is CCCCCCCN(C)Cc1cnc[nH]1. The summed E-state index contributed by atoms with van der Waals surface area (Å²) in [6, 6.07) is 0. The van der Waals surface area contributed by atoms with Crippen molar-refractivity contribution in [1.82, 2.24) is 14.9 Å². The molecule has 0 unspecified atom stereocenters. The number of hydrogen-bond donors (Lipinski definition) is 1. The van der Waals surface area contributed by atoms with Gasteiger partial charge < -0.3 is 9.88 Å². The van der Waals surface area contributed by atoms with E-state index in [1.165, 1.54) is 44.3 Å². The molecule has 0 atom stereocenters. The van der Waals surface area contributed by atoms with Crippen molar-refractivity contribution in [3.63, 3.8) is 0 Å². The van der Waals surface area contributed by atoms with Gasteiger partial charge in [0.1, 0.15) is 0 Å². The number of imidazole rings is 1. The van der Waals surface area contributed by atoms with Crippen molar-refractivity contribution < 1.29 is 0 Å². The van der Waals surface area contributed by atoms with Crippen LogP contribution in [0.3, 0.4) is 0 Å². The second-order valence-corrected chi connectivity index (χ2v) is 4.23. The number of nitrogens with zero attached hydrogens (tertiary/aromatic N) is 2. The van der Waals surface area contributed by atoms with E-state index in [0.29, 0.717) is 0 Å². The molecule has 0 radical (unpaired) electrons. The van der Waals surface area contributed by atoms with Gasteiger partial charge in [-0.25, -0.2) is 4.98 Å². The zero-order valence-electron chi connectivity index (χ0n) is 10.00. The third-order valence-corrected chi connectivity index (χ3v) is 2.64. The Hall–Kier alpha value is -0.830. The largest absolute Gasteiger partial charge is 0.347 e. The Kier molecular flexibility index (Phi) is 6.09. The van der Waals surface area contributed by atoms with Gasteiger partial charge in [-0.15, -0.1) is 0 Å². The molecule has 0 fully saturated rings. The van der Waals surface area contributed by atoms with Gasteiger partial charge in [-0.1, -0.05) is 32.6 Å². The Morgan fingerprint density at radius 3 is 2.73 bits per heavy atom. The molecule has 1 aromatic heterocycles. The summed E-state index contributed by atoms with van der Waals surface area (Å²) < 4.78 is 0. The predicted molar refractivity (Wildman–Crippen MR) is 63.7 cm³/mol. The summed E-state index contributed by atoms with van der Waals surface area (Å²) in [6.07, 6.45) is 10.4. The minimum atomic E-state index is 0.980. The van der Waals surface area contributed by atoms with Crippen LogP contribution in [0, 0.1) is 0 Å². The van der Waals surface area contributed by atoms with Crippen molar-refractivity contribution in [3.05, 3.63) is 18.2 Å². The van der Waals surface area contributed by atoms with Gasteiger partial charge in [-0.3, -0.25) is 0 Å². The molecule has 86 valence electrons. The summed E-state index contributed by atoms with van der Waals surface area (Å²) in [5, 5.41) is 0. The highest BCUT2D eigenvalue weighted by molar-refractivity contribution is 4.93. The molecule has 1 rings (SSSR count). The van der Waals surface area contributed by atoms with E-state index in [1.807, 2.05) is 6.20 Å². The molecule has 0 spiro atoms. The minimum absolute atomic E-state index is 0.980. The van der Waals surface area contributed by atoms with Crippen LogP contribution < -0.4 is 0 Å². The number of rotatable bonds is 8. The molecule has 0 aliphatic heterocycles. The van der Waals surface area contributed by atoms with Crippen LogP contribution >= 0.6 is 0 Å². The van der Waals surface area contributed by atoms with Crippen molar-refractivity contribution in [1.29, 1.82) is 0 Å². The highest BCUT2D eigenvalue weighted by Gasteiger charge is 2.00. The first-order valence-electron chi connectivity index (χ1n) is 5.98. The quantitative estimate of drug-likeness (QED) is 0.668. The standard InChI is InChI=1S/C12H23N3/c1-3-4-5-6-7-8-15(2)10-12-9-13-11-14-12/h9,11H,3-8,10H2,1-2H3,(H,13,14). The molecule has 3 heteroatoms. The van der Waals surface area contributed by atoms with Gasteiger partial charge in [-0.2, -0.15) is 0 Å². The van der Waals surface area contributed by atoms with Crippen LogP contribution in [-0.2, 0) is 6.54 Å². The maximum absolute atomic E-state index is 4.01. The van der Waals surface area contributed by atoms with E-state index in [1.54, 1.807) is 6.33 Å². The van der Waals surface area contributed by atoms with Crippen LogP contribution in [0.25, 0.3) is 0 Å². The molecule has 3 nitrogen and oxygen atoms in total. The number of nitrogens with one attached hydrogen (secondary N) is 1. The Balaban J connectivity index is 2.01. The monoisotopic (exact) mass is 209 g/mol. The van der Waals surface area contributed by atoms with E-state index in [9.17, 15) is 0 Å². The highest BCUT2D eigenvalue weighted by Crippen LogP contribution is 2.04. The summed E-state index contributed by atoms with van der Waals surface area (Å²) >= 11 is 0. The molecule has 0 aromatic carbocycles. The Morgan fingerprint density at radius 2 is 2.07 bits per heavy atom. The van der Waals surface area contributed by atoms with Crippen LogP contribution in [0.2, 0.25) is 0 Å². The van der Waals surface area contributed by atoms with E-state index in [2.05, 4.69) is 28.8 Å². The lowest BCUT2D eigenvalue weighted by atomic mass is 10.1. The van der Waals surface area contributed by atoms with Gasteiger partial charge in [0.15, 0.2) is 0 Å². The van der Waals surface area contributed by atoms with E-state index in [-0.39, 0.29) is 0 Å². The second kappa shape index (κ2) is 7.46. The van der Waals surface area contributed by atoms with Gasteiger partial charge in [0.05, 0.1) is 6.33 Å². The molecule has 0 bridgehead atoms. The Labute approximate surface area is 92.9 Å². The third-order valence-electron chi connectivity index (χ3n) is 2.64. The van der Waals surface area contributed by atoms with Crippen molar-refractivity contribution in [2.45, 2.75) is 45.6 Å². The lowest BCUT2D eigenvalue weighted by Gasteiger charge is -2.14. The van der Waals surface area contributed by atoms with E-state index in [4.69, 9.17) is 0 Å². The van der Waals surface area contributed by atoms with Gasteiger partial charge in [-0.05, 0) is 20.0 Å². The number of aromatic amines is 1. The minimum Gasteiger partial charge on any atom is -0.347 e. The molecule has 0 aliphatic carbocycles.